The fourth-order valence-electron chi connectivity index (χ4n) is 1.96. The maximum atomic E-state index is 10.9. The number of hydrogen-bond acceptors (Lipinski definition) is 2. The number of rotatable bonds is 3. The van der Waals surface area contributed by atoms with Crippen molar-refractivity contribution >= 4 is 6.29 Å². The van der Waals surface area contributed by atoms with E-state index in [1.54, 1.807) is 0 Å². The maximum absolute atomic E-state index is 10.9. The number of aldehydes is 1. The van der Waals surface area contributed by atoms with Crippen LogP contribution in [0.25, 0.3) is 0 Å². The van der Waals surface area contributed by atoms with Crippen molar-refractivity contribution in [2.45, 2.75) is 45.8 Å². The third-order valence-corrected chi connectivity index (χ3v) is 2.92. The molecule has 0 N–H and O–H groups in total. The van der Waals surface area contributed by atoms with Crippen LogP contribution >= 0.6 is 0 Å². The molecule has 0 radical (unpaired) electrons. The van der Waals surface area contributed by atoms with E-state index in [4.69, 9.17) is 4.74 Å². The Morgan fingerprint density at radius 3 is 2.33 bits per heavy atom. The van der Waals surface area contributed by atoms with Crippen LogP contribution in [0.4, 0.5) is 0 Å². The molecular weight excluding hydrogens is 152 g/mol. The zero-order valence-electron chi connectivity index (χ0n) is 8.33. The lowest BCUT2D eigenvalue weighted by Crippen LogP contribution is -2.55. The number of carbonyl (C=O) groups is 1. The van der Waals surface area contributed by atoms with Gasteiger partial charge >= 0.3 is 0 Å². The fraction of sp³-hybridized carbons (Fsp3) is 0.900. The Labute approximate surface area is 74.3 Å². The molecule has 2 heteroatoms. The van der Waals surface area contributed by atoms with Crippen LogP contribution in [-0.4, -0.2) is 18.0 Å². The van der Waals surface area contributed by atoms with E-state index < -0.39 is 5.60 Å². The van der Waals surface area contributed by atoms with Gasteiger partial charge in [0.05, 0.1) is 6.10 Å². The van der Waals surface area contributed by atoms with E-state index in [1.165, 1.54) is 0 Å². The predicted octanol–water partition coefficient (Wildman–Crippen LogP) is 2.02. The molecule has 1 aliphatic rings. The Morgan fingerprint density at radius 1 is 1.50 bits per heavy atom. The molecule has 12 heavy (non-hydrogen) atoms. The summed E-state index contributed by atoms with van der Waals surface area (Å²) in [5, 5.41) is 0. The summed E-state index contributed by atoms with van der Waals surface area (Å²) < 4.78 is 5.64. The molecule has 1 rings (SSSR count). The van der Waals surface area contributed by atoms with E-state index >= 15 is 0 Å². The van der Waals surface area contributed by atoms with Crippen LogP contribution in [0.3, 0.4) is 0 Å². The minimum Gasteiger partial charge on any atom is -0.365 e. The monoisotopic (exact) mass is 170 g/mol. The van der Waals surface area contributed by atoms with Gasteiger partial charge < -0.3 is 9.53 Å². The second-order valence-electron chi connectivity index (χ2n) is 4.21. The van der Waals surface area contributed by atoms with Gasteiger partial charge in [-0.15, -0.1) is 0 Å². The quantitative estimate of drug-likeness (QED) is 0.606. The van der Waals surface area contributed by atoms with Crippen LogP contribution in [0.15, 0.2) is 0 Å². The second kappa shape index (κ2) is 3.17. The molecule has 0 aromatic heterocycles. The molecule has 2 nitrogen and oxygen atoms in total. The lowest BCUT2D eigenvalue weighted by molar-refractivity contribution is -0.185. The molecule has 1 saturated carbocycles. The van der Waals surface area contributed by atoms with Gasteiger partial charge in [0.2, 0.25) is 0 Å². The third kappa shape index (κ3) is 1.40. The first kappa shape index (κ1) is 9.72. The highest BCUT2D eigenvalue weighted by atomic mass is 16.5. The van der Waals surface area contributed by atoms with Gasteiger partial charge in [-0.05, 0) is 32.1 Å². The van der Waals surface area contributed by atoms with E-state index in [0.29, 0.717) is 11.8 Å². The molecule has 3 unspecified atom stereocenters. The summed E-state index contributed by atoms with van der Waals surface area (Å²) in [7, 11) is 0. The van der Waals surface area contributed by atoms with Gasteiger partial charge in [-0.25, -0.2) is 0 Å². The first-order valence-electron chi connectivity index (χ1n) is 4.66. The second-order valence-corrected chi connectivity index (χ2v) is 4.21. The Hall–Kier alpha value is -0.370. The Balaban J connectivity index is 2.60. The summed E-state index contributed by atoms with van der Waals surface area (Å²) in [6, 6.07) is 0. The van der Waals surface area contributed by atoms with Crippen molar-refractivity contribution in [1.82, 2.24) is 0 Å². The molecule has 0 aromatic carbocycles. The third-order valence-electron chi connectivity index (χ3n) is 2.92. The van der Waals surface area contributed by atoms with Gasteiger partial charge in [0.25, 0.3) is 0 Å². The smallest absolute Gasteiger partial charge is 0.152 e. The van der Waals surface area contributed by atoms with Gasteiger partial charge in [-0.2, -0.15) is 0 Å². The molecular formula is C10H18O2. The van der Waals surface area contributed by atoms with Crippen LogP contribution in [0.2, 0.25) is 0 Å². The molecule has 3 atom stereocenters. The van der Waals surface area contributed by atoms with Crippen LogP contribution in [0.1, 0.15) is 34.1 Å². The average Bonchev–Trinajstić information content (AvgIpc) is 2.02. The van der Waals surface area contributed by atoms with Gasteiger partial charge in [-0.1, -0.05) is 13.8 Å². The molecule has 1 aliphatic carbocycles. The fourth-order valence-corrected chi connectivity index (χ4v) is 1.96. The minimum atomic E-state index is -0.465. The summed E-state index contributed by atoms with van der Waals surface area (Å²) in [4.78, 5) is 10.9. The van der Waals surface area contributed by atoms with Crippen LogP contribution in [0.5, 0.6) is 0 Å². The highest BCUT2D eigenvalue weighted by molar-refractivity contribution is 5.65. The summed E-state index contributed by atoms with van der Waals surface area (Å²) in [5.74, 6) is 0.992. The summed E-state index contributed by atoms with van der Waals surface area (Å²) in [5.41, 5.74) is -0.465. The molecule has 0 spiro atoms. The van der Waals surface area contributed by atoms with E-state index in [-0.39, 0.29) is 6.10 Å². The Bertz CT molecular complexity index is 177. The Kier molecular flexibility index (Phi) is 2.57. The van der Waals surface area contributed by atoms with Crippen molar-refractivity contribution in [3.05, 3.63) is 0 Å². The van der Waals surface area contributed by atoms with Crippen molar-refractivity contribution in [3.63, 3.8) is 0 Å². The lowest BCUT2D eigenvalue weighted by atomic mass is 9.63. The lowest BCUT2D eigenvalue weighted by Gasteiger charge is -2.49. The highest BCUT2D eigenvalue weighted by Crippen LogP contribution is 2.45. The van der Waals surface area contributed by atoms with E-state index in [1.807, 2.05) is 13.8 Å². The standard InChI is InChI=1S/C10H18O2/c1-7(2)12-10(6-11)5-8(3)9(10)4/h6-9H,5H2,1-4H3. The maximum Gasteiger partial charge on any atom is 0.152 e. The first-order chi connectivity index (χ1) is 5.52. The predicted molar refractivity (Wildman–Crippen MR) is 48.0 cm³/mol. The minimum absolute atomic E-state index is 0.144. The molecule has 1 fully saturated rings. The molecule has 70 valence electrons. The van der Waals surface area contributed by atoms with E-state index in [2.05, 4.69) is 13.8 Å². The molecule has 0 amide bonds. The molecule has 0 heterocycles. The molecule has 0 bridgehead atoms. The molecule has 0 aromatic rings. The van der Waals surface area contributed by atoms with Gasteiger partial charge in [0.15, 0.2) is 6.29 Å². The summed E-state index contributed by atoms with van der Waals surface area (Å²) in [6.45, 7) is 8.20. The van der Waals surface area contributed by atoms with Gasteiger partial charge in [0.1, 0.15) is 5.60 Å². The van der Waals surface area contributed by atoms with Gasteiger partial charge in [-0.3, -0.25) is 0 Å². The number of carbonyl (C=O) groups excluding carboxylic acids is 1. The van der Waals surface area contributed by atoms with E-state index in [9.17, 15) is 4.79 Å². The van der Waals surface area contributed by atoms with Gasteiger partial charge in [0, 0.05) is 0 Å². The highest BCUT2D eigenvalue weighted by Gasteiger charge is 2.50. The topological polar surface area (TPSA) is 26.3 Å². The van der Waals surface area contributed by atoms with Crippen molar-refractivity contribution < 1.29 is 9.53 Å². The normalized spacial score (nSPS) is 41.1. The number of ether oxygens (including phenoxy) is 1. The largest absolute Gasteiger partial charge is 0.365 e. The summed E-state index contributed by atoms with van der Waals surface area (Å²) >= 11 is 0. The zero-order valence-corrected chi connectivity index (χ0v) is 8.33. The SMILES string of the molecule is CC(C)OC1(C=O)CC(C)C1C. The van der Waals surface area contributed by atoms with Crippen molar-refractivity contribution in [2.24, 2.45) is 11.8 Å². The van der Waals surface area contributed by atoms with Crippen molar-refractivity contribution in [2.75, 3.05) is 0 Å². The molecule has 0 saturated heterocycles. The Morgan fingerprint density at radius 2 is 2.08 bits per heavy atom. The summed E-state index contributed by atoms with van der Waals surface area (Å²) in [6.07, 6.45) is 2.01. The zero-order chi connectivity index (χ0) is 9.35. The molecule has 0 aliphatic heterocycles. The average molecular weight is 170 g/mol. The van der Waals surface area contributed by atoms with Crippen molar-refractivity contribution in [3.8, 4) is 0 Å². The van der Waals surface area contributed by atoms with Crippen LogP contribution < -0.4 is 0 Å². The van der Waals surface area contributed by atoms with Crippen molar-refractivity contribution in [1.29, 1.82) is 0 Å². The first-order valence-corrected chi connectivity index (χ1v) is 4.66. The van der Waals surface area contributed by atoms with E-state index in [0.717, 1.165) is 12.7 Å². The van der Waals surface area contributed by atoms with Crippen LogP contribution in [0, 0.1) is 11.8 Å². The number of hydrogen-bond donors (Lipinski definition) is 0. The van der Waals surface area contributed by atoms with Crippen LogP contribution in [-0.2, 0) is 9.53 Å².